The number of nitrogens with one attached hydrogen (secondary N) is 1. The van der Waals surface area contributed by atoms with Crippen molar-refractivity contribution >= 4 is 16.9 Å². The maximum Gasteiger partial charge on any atom is 0.250 e. The number of benzene rings is 1. The maximum atomic E-state index is 11.4. The SMILES string of the molecule is NC(=O)c1cccc2c1ncn2N1C[C@@H]2C[C@H]1CN2. The highest BCUT2D eigenvalue weighted by molar-refractivity contribution is 6.04. The summed E-state index contributed by atoms with van der Waals surface area (Å²) < 4.78 is 2.06. The second-order valence-corrected chi connectivity index (χ2v) is 5.24. The van der Waals surface area contributed by atoms with Gasteiger partial charge in [0, 0.05) is 12.6 Å². The molecule has 1 amide bonds. The molecule has 0 spiro atoms. The molecule has 6 heteroatoms. The molecular weight excluding hydrogens is 242 g/mol. The van der Waals surface area contributed by atoms with Crippen molar-refractivity contribution < 1.29 is 4.79 Å². The Morgan fingerprint density at radius 1 is 1.47 bits per heavy atom. The number of amides is 1. The third kappa shape index (κ3) is 1.46. The van der Waals surface area contributed by atoms with Gasteiger partial charge in [0.05, 0.1) is 23.7 Å². The van der Waals surface area contributed by atoms with Crippen LogP contribution in [0.3, 0.4) is 0 Å². The first-order chi connectivity index (χ1) is 9.24. The molecule has 98 valence electrons. The number of rotatable bonds is 2. The number of piperazine rings is 1. The number of imidazole rings is 1. The van der Waals surface area contributed by atoms with Crippen LogP contribution in [0.25, 0.3) is 11.0 Å². The highest BCUT2D eigenvalue weighted by Gasteiger charge is 2.38. The highest BCUT2D eigenvalue weighted by Crippen LogP contribution is 2.25. The first-order valence-electron chi connectivity index (χ1n) is 6.50. The van der Waals surface area contributed by atoms with Crippen LogP contribution in [-0.2, 0) is 0 Å². The minimum absolute atomic E-state index is 0.430. The molecule has 1 aromatic heterocycles. The van der Waals surface area contributed by atoms with Crippen molar-refractivity contribution in [1.29, 1.82) is 0 Å². The van der Waals surface area contributed by atoms with E-state index in [1.54, 1.807) is 12.4 Å². The summed E-state index contributed by atoms with van der Waals surface area (Å²) in [6.45, 7) is 2.00. The highest BCUT2D eigenvalue weighted by atomic mass is 16.1. The monoisotopic (exact) mass is 257 g/mol. The van der Waals surface area contributed by atoms with Crippen LogP contribution in [-0.4, -0.2) is 40.7 Å². The van der Waals surface area contributed by atoms with E-state index in [9.17, 15) is 4.79 Å². The minimum atomic E-state index is -0.430. The van der Waals surface area contributed by atoms with Gasteiger partial charge in [-0.2, -0.15) is 0 Å². The molecule has 2 aliphatic rings. The van der Waals surface area contributed by atoms with Gasteiger partial charge in [0.25, 0.3) is 5.91 Å². The fraction of sp³-hybridized carbons (Fsp3) is 0.385. The van der Waals surface area contributed by atoms with Crippen molar-refractivity contribution in [3.8, 4) is 0 Å². The molecular formula is C13H15N5O. The van der Waals surface area contributed by atoms with E-state index < -0.39 is 5.91 Å². The zero-order chi connectivity index (χ0) is 13.0. The molecule has 2 saturated heterocycles. The molecule has 6 nitrogen and oxygen atoms in total. The maximum absolute atomic E-state index is 11.4. The van der Waals surface area contributed by atoms with E-state index in [4.69, 9.17) is 5.73 Å². The van der Waals surface area contributed by atoms with Crippen molar-refractivity contribution in [1.82, 2.24) is 15.0 Å². The molecule has 0 unspecified atom stereocenters. The smallest absolute Gasteiger partial charge is 0.250 e. The van der Waals surface area contributed by atoms with Gasteiger partial charge in [-0.3, -0.25) is 4.79 Å². The molecule has 3 heterocycles. The summed E-state index contributed by atoms with van der Waals surface area (Å²) >= 11 is 0. The van der Waals surface area contributed by atoms with Gasteiger partial charge in [-0.15, -0.1) is 0 Å². The number of primary amides is 1. The van der Waals surface area contributed by atoms with Crippen LogP contribution in [0.5, 0.6) is 0 Å². The normalized spacial score (nSPS) is 25.4. The van der Waals surface area contributed by atoms with Crippen molar-refractivity contribution in [3.05, 3.63) is 30.1 Å². The van der Waals surface area contributed by atoms with Crippen LogP contribution in [0, 0.1) is 0 Å². The number of nitrogens with two attached hydrogens (primary N) is 1. The fourth-order valence-electron chi connectivity index (χ4n) is 3.23. The van der Waals surface area contributed by atoms with Crippen LogP contribution in [0.4, 0.5) is 0 Å². The van der Waals surface area contributed by atoms with Gasteiger partial charge in [-0.25, -0.2) is 9.66 Å². The molecule has 4 rings (SSSR count). The third-order valence-corrected chi connectivity index (χ3v) is 4.13. The molecule has 2 fully saturated rings. The fourth-order valence-corrected chi connectivity index (χ4v) is 3.23. The standard InChI is InChI=1S/C13H15N5O/c14-13(19)10-2-1-3-11-12(10)16-7-18(11)17-6-8-4-9(17)5-15-8/h1-3,7-9,15H,4-6H2,(H2,14,19)/t8-,9-/m0/s1. The average molecular weight is 257 g/mol. The molecule has 0 radical (unpaired) electrons. The van der Waals surface area contributed by atoms with E-state index in [2.05, 4.69) is 20.0 Å². The summed E-state index contributed by atoms with van der Waals surface area (Å²) in [5.41, 5.74) is 7.51. The lowest BCUT2D eigenvalue weighted by Gasteiger charge is -2.30. The number of fused-ring (bicyclic) bond motifs is 3. The lowest BCUT2D eigenvalue weighted by Crippen LogP contribution is -2.49. The Labute approximate surface area is 110 Å². The summed E-state index contributed by atoms with van der Waals surface area (Å²) in [5, 5.41) is 5.80. The second-order valence-electron chi connectivity index (χ2n) is 5.24. The predicted molar refractivity (Wildman–Crippen MR) is 71.5 cm³/mol. The molecule has 3 N–H and O–H groups in total. The second kappa shape index (κ2) is 3.71. The van der Waals surface area contributed by atoms with Gasteiger partial charge in [-0.1, -0.05) is 6.07 Å². The van der Waals surface area contributed by atoms with Crippen LogP contribution in [0.2, 0.25) is 0 Å². The average Bonchev–Trinajstić information content (AvgIpc) is 3.11. The summed E-state index contributed by atoms with van der Waals surface area (Å²) in [7, 11) is 0. The molecule has 1 aromatic carbocycles. The zero-order valence-corrected chi connectivity index (χ0v) is 10.4. The first kappa shape index (κ1) is 10.8. The van der Waals surface area contributed by atoms with Gasteiger partial charge in [0.2, 0.25) is 0 Å². The number of carbonyl (C=O) groups excluding carboxylic acids is 1. The number of hydrogen-bond acceptors (Lipinski definition) is 4. The number of carbonyl (C=O) groups is 1. The third-order valence-electron chi connectivity index (χ3n) is 4.13. The first-order valence-corrected chi connectivity index (χ1v) is 6.50. The Kier molecular flexibility index (Phi) is 2.11. The van der Waals surface area contributed by atoms with E-state index in [0.29, 0.717) is 23.2 Å². The molecule has 2 aromatic rings. The van der Waals surface area contributed by atoms with Gasteiger partial charge >= 0.3 is 0 Å². The van der Waals surface area contributed by atoms with Gasteiger partial charge in [-0.05, 0) is 18.6 Å². The van der Waals surface area contributed by atoms with Crippen molar-refractivity contribution in [2.45, 2.75) is 18.5 Å². The van der Waals surface area contributed by atoms with Crippen LogP contribution < -0.4 is 16.1 Å². The van der Waals surface area contributed by atoms with Gasteiger partial charge in [0.1, 0.15) is 11.8 Å². The Morgan fingerprint density at radius 3 is 3.05 bits per heavy atom. The van der Waals surface area contributed by atoms with Gasteiger partial charge < -0.3 is 16.1 Å². The Bertz CT molecular complexity index is 664. The Hall–Kier alpha value is -2.08. The van der Waals surface area contributed by atoms with E-state index in [1.165, 1.54) is 6.42 Å². The van der Waals surface area contributed by atoms with Gasteiger partial charge in [0.15, 0.2) is 0 Å². The Balaban J connectivity index is 1.84. The van der Waals surface area contributed by atoms with E-state index in [0.717, 1.165) is 18.6 Å². The van der Waals surface area contributed by atoms with Crippen LogP contribution >= 0.6 is 0 Å². The number of hydrogen-bond donors (Lipinski definition) is 2. The lowest BCUT2D eigenvalue weighted by molar-refractivity contribution is 0.100. The summed E-state index contributed by atoms with van der Waals surface area (Å²) in [4.78, 5) is 15.8. The zero-order valence-electron chi connectivity index (χ0n) is 10.4. The van der Waals surface area contributed by atoms with Crippen LogP contribution in [0.1, 0.15) is 16.8 Å². The summed E-state index contributed by atoms with van der Waals surface area (Å²) in [5.74, 6) is -0.430. The largest absolute Gasteiger partial charge is 0.366 e. The number of aromatic nitrogens is 2. The predicted octanol–water partition coefficient (Wildman–Crippen LogP) is -0.183. The molecule has 2 bridgehead atoms. The van der Waals surface area contributed by atoms with Crippen molar-refractivity contribution in [2.24, 2.45) is 5.73 Å². The quantitative estimate of drug-likeness (QED) is 0.782. The summed E-state index contributed by atoms with van der Waals surface area (Å²) in [6.07, 6.45) is 2.97. The van der Waals surface area contributed by atoms with E-state index in [-0.39, 0.29) is 0 Å². The summed E-state index contributed by atoms with van der Waals surface area (Å²) in [6, 6.07) is 6.64. The van der Waals surface area contributed by atoms with E-state index in [1.807, 2.05) is 12.1 Å². The van der Waals surface area contributed by atoms with Crippen LogP contribution in [0.15, 0.2) is 24.5 Å². The Morgan fingerprint density at radius 2 is 2.37 bits per heavy atom. The topological polar surface area (TPSA) is 76.2 Å². The van der Waals surface area contributed by atoms with Crippen molar-refractivity contribution in [3.63, 3.8) is 0 Å². The molecule has 19 heavy (non-hydrogen) atoms. The number of para-hydroxylation sites is 1. The molecule has 2 aliphatic heterocycles. The van der Waals surface area contributed by atoms with E-state index >= 15 is 0 Å². The number of nitrogens with zero attached hydrogens (tertiary/aromatic N) is 3. The molecule has 0 saturated carbocycles. The van der Waals surface area contributed by atoms with Crippen molar-refractivity contribution in [2.75, 3.05) is 18.1 Å². The molecule has 0 aliphatic carbocycles. The lowest BCUT2D eigenvalue weighted by atomic mass is 10.2. The molecule has 2 atom stereocenters. The minimum Gasteiger partial charge on any atom is -0.366 e.